The van der Waals surface area contributed by atoms with E-state index in [1.54, 1.807) is 0 Å². The first-order valence-electron chi connectivity index (χ1n) is 6.59. The van der Waals surface area contributed by atoms with Crippen LogP contribution in [0.15, 0.2) is 54.6 Å². The number of nitrogens with one attached hydrogen (secondary N) is 1. The van der Waals surface area contributed by atoms with Gasteiger partial charge < -0.3 is 0 Å². The highest BCUT2D eigenvalue weighted by atomic mass is 14.9. The fourth-order valence-corrected chi connectivity index (χ4v) is 1.85. The predicted molar refractivity (Wildman–Crippen MR) is 87.5 cm³/mol. The van der Waals surface area contributed by atoms with Crippen LogP contribution >= 0.6 is 0 Å². The van der Waals surface area contributed by atoms with Crippen molar-refractivity contribution in [2.75, 3.05) is 6.54 Å². The highest BCUT2D eigenvalue weighted by Gasteiger charge is 2.06. The molecular weight excluding hydrogens is 241 g/mol. The van der Waals surface area contributed by atoms with Gasteiger partial charge >= 0.3 is 0 Å². The summed E-state index contributed by atoms with van der Waals surface area (Å²) in [5.41, 5.74) is 3.38. The fraction of sp³-hybridized carbons (Fsp3) is 0.111. The minimum Gasteiger partial charge on any atom is -0.289 e. The lowest BCUT2D eigenvalue weighted by atomic mass is 9.94. The van der Waals surface area contributed by atoms with Gasteiger partial charge in [0.05, 0.1) is 12.6 Å². The van der Waals surface area contributed by atoms with E-state index in [1.165, 1.54) is 5.46 Å². The van der Waals surface area contributed by atoms with Crippen molar-refractivity contribution in [2.24, 2.45) is 0 Å². The molecule has 0 saturated heterocycles. The molecule has 0 amide bonds. The minimum absolute atomic E-state index is 0.0492. The van der Waals surface area contributed by atoms with Gasteiger partial charge in [-0.05, 0) is 17.7 Å². The van der Waals surface area contributed by atoms with Crippen molar-refractivity contribution in [1.29, 1.82) is 0 Å². The highest BCUT2D eigenvalue weighted by Crippen LogP contribution is 2.10. The Balaban J connectivity index is 2.22. The molecule has 0 aliphatic rings. The standard InChI is InChI=1S/C18H16BN/c1-2-14-20-18(16-9-11-17(19)12-10-16)13-8-15-6-4-3-5-7-15/h1,3-7,9-12,18,20H,14,19H2. The molecule has 0 radical (unpaired) electrons. The molecule has 20 heavy (non-hydrogen) atoms. The molecule has 2 aromatic carbocycles. The van der Waals surface area contributed by atoms with E-state index in [1.807, 2.05) is 30.3 Å². The summed E-state index contributed by atoms with van der Waals surface area (Å²) in [6.07, 6.45) is 5.33. The third kappa shape index (κ3) is 4.06. The van der Waals surface area contributed by atoms with Gasteiger partial charge in [-0.3, -0.25) is 5.32 Å². The van der Waals surface area contributed by atoms with Crippen molar-refractivity contribution in [2.45, 2.75) is 6.04 Å². The van der Waals surface area contributed by atoms with Gasteiger partial charge in [0, 0.05) is 5.56 Å². The zero-order valence-corrected chi connectivity index (χ0v) is 11.6. The summed E-state index contributed by atoms with van der Waals surface area (Å²) in [5.74, 6) is 9.03. The Bertz CT molecular complexity index is 642. The van der Waals surface area contributed by atoms with Gasteiger partial charge in [0.15, 0.2) is 0 Å². The second kappa shape index (κ2) is 7.24. The number of rotatable bonds is 3. The van der Waals surface area contributed by atoms with Gasteiger partial charge in [0.1, 0.15) is 7.85 Å². The summed E-state index contributed by atoms with van der Waals surface area (Å²) in [6, 6.07) is 18.3. The summed E-state index contributed by atoms with van der Waals surface area (Å²) in [5, 5.41) is 3.27. The number of terminal acetylenes is 1. The molecule has 0 fully saturated rings. The van der Waals surface area contributed by atoms with Gasteiger partial charge in [-0.1, -0.05) is 65.7 Å². The van der Waals surface area contributed by atoms with Crippen LogP contribution in [0.4, 0.5) is 0 Å². The van der Waals surface area contributed by atoms with Crippen LogP contribution < -0.4 is 10.8 Å². The summed E-state index contributed by atoms with van der Waals surface area (Å²) in [6.45, 7) is 0.502. The quantitative estimate of drug-likeness (QED) is 0.644. The second-order valence-electron chi connectivity index (χ2n) is 4.56. The molecule has 0 heterocycles. The maximum Gasteiger partial charge on any atom is 0.139 e. The lowest BCUT2D eigenvalue weighted by Crippen LogP contribution is -2.20. The molecule has 2 heteroatoms. The molecule has 1 N–H and O–H groups in total. The molecule has 0 aliphatic heterocycles. The van der Waals surface area contributed by atoms with Crippen LogP contribution in [0.25, 0.3) is 0 Å². The highest BCUT2D eigenvalue weighted by molar-refractivity contribution is 6.32. The average Bonchev–Trinajstić information content (AvgIpc) is 2.50. The smallest absolute Gasteiger partial charge is 0.139 e. The first-order valence-corrected chi connectivity index (χ1v) is 6.59. The molecule has 0 aromatic heterocycles. The molecule has 1 atom stereocenters. The molecule has 0 spiro atoms. The summed E-state index contributed by atoms with van der Waals surface area (Å²) in [4.78, 5) is 0. The Morgan fingerprint density at radius 3 is 2.40 bits per heavy atom. The summed E-state index contributed by atoms with van der Waals surface area (Å²) in [7, 11) is 2.07. The topological polar surface area (TPSA) is 12.0 Å². The van der Waals surface area contributed by atoms with Crippen LogP contribution in [0.1, 0.15) is 17.2 Å². The molecular formula is C18H16BN. The van der Waals surface area contributed by atoms with E-state index in [2.05, 4.69) is 55.2 Å². The van der Waals surface area contributed by atoms with Crippen molar-refractivity contribution >= 4 is 13.3 Å². The van der Waals surface area contributed by atoms with Crippen molar-refractivity contribution in [3.63, 3.8) is 0 Å². The zero-order valence-electron chi connectivity index (χ0n) is 11.6. The Morgan fingerprint density at radius 2 is 1.75 bits per heavy atom. The van der Waals surface area contributed by atoms with E-state index >= 15 is 0 Å². The van der Waals surface area contributed by atoms with E-state index in [4.69, 9.17) is 6.42 Å². The second-order valence-corrected chi connectivity index (χ2v) is 4.56. The maximum atomic E-state index is 5.33. The van der Waals surface area contributed by atoms with E-state index in [9.17, 15) is 0 Å². The normalized spacial score (nSPS) is 10.9. The first-order chi connectivity index (χ1) is 9.79. The van der Waals surface area contributed by atoms with Gasteiger partial charge in [0.25, 0.3) is 0 Å². The Kier molecular flexibility index (Phi) is 5.07. The number of benzene rings is 2. The van der Waals surface area contributed by atoms with E-state index in [0.29, 0.717) is 6.54 Å². The molecule has 1 unspecified atom stereocenters. The molecule has 0 aliphatic carbocycles. The first kappa shape index (κ1) is 14.0. The Labute approximate surface area is 121 Å². The fourth-order valence-electron chi connectivity index (χ4n) is 1.85. The third-order valence-corrected chi connectivity index (χ3v) is 2.95. The number of hydrogen-bond donors (Lipinski definition) is 1. The molecule has 1 nitrogen and oxygen atoms in total. The van der Waals surface area contributed by atoms with Crippen LogP contribution in [-0.4, -0.2) is 14.4 Å². The minimum atomic E-state index is -0.0492. The van der Waals surface area contributed by atoms with E-state index in [-0.39, 0.29) is 6.04 Å². The SMILES string of the molecule is Bc1ccc(C(C#Cc2ccccc2)NCC#C)cc1. The predicted octanol–water partition coefficient (Wildman–Crippen LogP) is 1.26. The lowest BCUT2D eigenvalue weighted by molar-refractivity contribution is 0.698. The van der Waals surface area contributed by atoms with Gasteiger partial charge in [-0.25, -0.2) is 0 Å². The van der Waals surface area contributed by atoms with Crippen LogP contribution in [0, 0.1) is 24.2 Å². The van der Waals surface area contributed by atoms with Gasteiger partial charge in [-0.15, -0.1) is 6.42 Å². The monoisotopic (exact) mass is 257 g/mol. The summed E-state index contributed by atoms with van der Waals surface area (Å²) >= 11 is 0. The number of hydrogen-bond acceptors (Lipinski definition) is 1. The van der Waals surface area contributed by atoms with Crippen molar-refractivity contribution in [1.82, 2.24) is 5.32 Å². The third-order valence-electron chi connectivity index (χ3n) is 2.95. The van der Waals surface area contributed by atoms with Crippen LogP contribution in [0.5, 0.6) is 0 Å². The zero-order chi connectivity index (χ0) is 14.2. The van der Waals surface area contributed by atoms with Crippen LogP contribution in [0.2, 0.25) is 0 Å². The maximum absolute atomic E-state index is 5.33. The molecule has 0 saturated carbocycles. The lowest BCUT2D eigenvalue weighted by Gasteiger charge is -2.11. The van der Waals surface area contributed by atoms with E-state index in [0.717, 1.165) is 11.1 Å². The molecule has 2 rings (SSSR count). The molecule has 96 valence electrons. The van der Waals surface area contributed by atoms with Crippen molar-refractivity contribution in [3.8, 4) is 24.2 Å². The average molecular weight is 257 g/mol. The van der Waals surface area contributed by atoms with Crippen LogP contribution in [0.3, 0.4) is 0 Å². The van der Waals surface area contributed by atoms with Crippen molar-refractivity contribution in [3.05, 3.63) is 65.7 Å². The van der Waals surface area contributed by atoms with Crippen molar-refractivity contribution < 1.29 is 0 Å². The Morgan fingerprint density at radius 1 is 1.05 bits per heavy atom. The largest absolute Gasteiger partial charge is 0.289 e. The Hall–Kier alpha value is -2.42. The van der Waals surface area contributed by atoms with E-state index < -0.39 is 0 Å². The molecule has 2 aromatic rings. The van der Waals surface area contributed by atoms with Gasteiger partial charge in [0.2, 0.25) is 0 Å². The van der Waals surface area contributed by atoms with Gasteiger partial charge in [-0.2, -0.15) is 0 Å². The summed E-state index contributed by atoms with van der Waals surface area (Å²) < 4.78 is 0. The van der Waals surface area contributed by atoms with Crippen LogP contribution in [-0.2, 0) is 0 Å². The molecule has 0 bridgehead atoms.